The van der Waals surface area contributed by atoms with E-state index in [1.54, 1.807) is 23.4 Å². The first-order chi connectivity index (χ1) is 22.7. The maximum absolute atomic E-state index is 13.8. The second kappa shape index (κ2) is 14.4. The Balaban J connectivity index is 1.28. The van der Waals surface area contributed by atoms with Crippen molar-refractivity contribution in [2.24, 2.45) is 5.41 Å². The Hall–Kier alpha value is -4.34. The zero-order valence-electron chi connectivity index (χ0n) is 28.2. The first kappa shape index (κ1) is 35.0. The number of rotatable bonds is 7. The van der Waals surface area contributed by atoms with Gasteiger partial charge in [0, 0.05) is 62.6 Å². The van der Waals surface area contributed by atoms with E-state index in [9.17, 15) is 22.8 Å². The van der Waals surface area contributed by atoms with Gasteiger partial charge in [0.2, 0.25) is 5.91 Å². The second-order valence-electron chi connectivity index (χ2n) is 14.0. The minimum Gasteiger partial charge on any atom is -0.444 e. The van der Waals surface area contributed by atoms with Crippen molar-refractivity contribution < 1.29 is 27.5 Å². The van der Waals surface area contributed by atoms with Crippen LogP contribution >= 0.6 is 0 Å². The van der Waals surface area contributed by atoms with Crippen molar-refractivity contribution in [1.29, 1.82) is 0 Å². The standard InChI is InChI=1S/C38H45F3N4O3/c1-36(2,3)48-35(47)44-25-21-37(22-26-44)19-15-33(16-20-37)45(34(46)14-9-28-5-10-30(11-6-28)38(39,40)41)27-29-7-12-31(13-8-29)43(4)32-17-23-42-24-18-32/h5-14,17-18,23-24,33H,15-16,19-22,25-27H2,1-4H3/b14-9+. The molecule has 1 aliphatic carbocycles. The van der Waals surface area contributed by atoms with E-state index in [1.165, 1.54) is 18.2 Å². The fraction of sp³-hybridized carbons (Fsp3) is 0.447. The van der Waals surface area contributed by atoms with Crippen molar-refractivity contribution in [1.82, 2.24) is 14.8 Å². The van der Waals surface area contributed by atoms with Gasteiger partial charge in [-0.3, -0.25) is 9.78 Å². The summed E-state index contributed by atoms with van der Waals surface area (Å²) in [4.78, 5) is 36.3. The third-order valence-corrected chi connectivity index (χ3v) is 9.60. The van der Waals surface area contributed by atoms with Gasteiger partial charge < -0.3 is 19.4 Å². The monoisotopic (exact) mass is 662 g/mol. The number of hydrogen-bond donors (Lipinski definition) is 0. The van der Waals surface area contributed by atoms with E-state index in [0.717, 1.165) is 67.6 Å². The summed E-state index contributed by atoms with van der Waals surface area (Å²) < 4.78 is 44.7. The zero-order chi connectivity index (χ0) is 34.5. The van der Waals surface area contributed by atoms with Crippen LogP contribution in [0.4, 0.5) is 29.3 Å². The number of anilines is 2. The average molecular weight is 663 g/mol. The lowest BCUT2D eigenvalue weighted by molar-refractivity contribution is -0.137. The first-order valence-electron chi connectivity index (χ1n) is 16.6. The Morgan fingerprint density at radius 2 is 1.48 bits per heavy atom. The van der Waals surface area contributed by atoms with Gasteiger partial charge in [0.1, 0.15) is 5.60 Å². The van der Waals surface area contributed by atoms with E-state index in [1.807, 2.05) is 69.1 Å². The summed E-state index contributed by atoms with van der Waals surface area (Å²) in [7, 11) is 1.99. The first-order valence-corrected chi connectivity index (χ1v) is 16.6. The van der Waals surface area contributed by atoms with Crippen molar-refractivity contribution in [2.75, 3.05) is 25.0 Å². The quantitative estimate of drug-likeness (QED) is 0.237. The summed E-state index contributed by atoms with van der Waals surface area (Å²) in [5.74, 6) is -0.173. The van der Waals surface area contributed by atoms with E-state index >= 15 is 0 Å². The van der Waals surface area contributed by atoms with Crippen LogP contribution in [-0.2, 0) is 22.3 Å². The Morgan fingerprint density at radius 1 is 0.896 bits per heavy atom. The van der Waals surface area contributed by atoms with Crippen LogP contribution in [0.1, 0.15) is 76.0 Å². The molecule has 2 aromatic carbocycles. The number of benzene rings is 2. The molecule has 10 heteroatoms. The summed E-state index contributed by atoms with van der Waals surface area (Å²) in [6.07, 6.45) is 7.30. The summed E-state index contributed by atoms with van der Waals surface area (Å²) in [6.45, 7) is 7.37. The highest BCUT2D eigenvalue weighted by molar-refractivity contribution is 5.92. The molecule has 7 nitrogen and oxygen atoms in total. The highest BCUT2D eigenvalue weighted by Gasteiger charge is 2.41. The van der Waals surface area contributed by atoms with Gasteiger partial charge in [0.25, 0.3) is 0 Å². The lowest BCUT2D eigenvalue weighted by atomic mass is 9.66. The Labute approximate surface area is 281 Å². The summed E-state index contributed by atoms with van der Waals surface area (Å²) in [6, 6.07) is 16.8. The largest absolute Gasteiger partial charge is 0.444 e. The Bertz CT molecular complexity index is 1550. The van der Waals surface area contributed by atoms with Crippen LogP contribution < -0.4 is 4.90 Å². The number of carbonyl (C=O) groups excluding carboxylic acids is 2. The summed E-state index contributed by atoms with van der Waals surface area (Å²) in [5.41, 5.74) is 2.41. The molecule has 2 aliphatic rings. The molecule has 0 radical (unpaired) electrons. The summed E-state index contributed by atoms with van der Waals surface area (Å²) in [5, 5.41) is 0. The molecule has 0 bridgehead atoms. The number of ether oxygens (including phenoxy) is 1. The molecule has 0 unspecified atom stereocenters. The maximum atomic E-state index is 13.8. The molecule has 0 atom stereocenters. The van der Waals surface area contributed by atoms with E-state index < -0.39 is 17.3 Å². The highest BCUT2D eigenvalue weighted by Crippen LogP contribution is 2.46. The predicted octanol–water partition coefficient (Wildman–Crippen LogP) is 8.87. The van der Waals surface area contributed by atoms with Gasteiger partial charge in [-0.15, -0.1) is 0 Å². The van der Waals surface area contributed by atoms with Gasteiger partial charge in [-0.05, 0) is 118 Å². The maximum Gasteiger partial charge on any atom is 0.416 e. The Kier molecular flexibility index (Phi) is 10.5. The van der Waals surface area contributed by atoms with Crippen LogP contribution in [0.15, 0.2) is 79.1 Å². The van der Waals surface area contributed by atoms with Gasteiger partial charge >= 0.3 is 12.3 Å². The fourth-order valence-electron chi connectivity index (χ4n) is 6.69. The lowest BCUT2D eigenvalue weighted by Gasteiger charge is -2.47. The molecule has 256 valence electrons. The van der Waals surface area contributed by atoms with Gasteiger partial charge in [-0.25, -0.2) is 4.79 Å². The molecule has 2 heterocycles. The predicted molar refractivity (Wildman–Crippen MR) is 181 cm³/mol. The number of carbonyl (C=O) groups is 2. The number of halogens is 3. The van der Waals surface area contributed by atoms with Crippen LogP contribution in [0, 0.1) is 5.41 Å². The van der Waals surface area contributed by atoms with Crippen LogP contribution in [0.5, 0.6) is 0 Å². The third-order valence-electron chi connectivity index (χ3n) is 9.60. The molecule has 3 aromatic rings. The Morgan fingerprint density at radius 3 is 2.04 bits per heavy atom. The average Bonchev–Trinajstić information content (AvgIpc) is 3.06. The molecular weight excluding hydrogens is 617 g/mol. The number of pyridine rings is 1. The van der Waals surface area contributed by atoms with Gasteiger partial charge in [0.05, 0.1) is 5.56 Å². The van der Waals surface area contributed by atoms with E-state index in [4.69, 9.17) is 4.74 Å². The van der Waals surface area contributed by atoms with Crippen molar-refractivity contribution in [3.63, 3.8) is 0 Å². The van der Waals surface area contributed by atoms with Crippen LogP contribution in [0.25, 0.3) is 6.08 Å². The SMILES string of the molecule is CN(c1ccncc1)c1ccc(CN(C(=O)/C=C/c2ccc(C(F)(F)F)cc2)C2CCC3(CC2)CCN(C(=O)OC(C)(C)C)CC3)cc1. The third kappa shape index (κ3) is 8.96. The molecular formula is C38H45F3N4O3. The molecule has 1 saturated carbocycles. The van der Waals surface area contributed by atoms with Gasteiger partial charge in [-0.1, -0.05) is 24.3 Å². The lowest BCUT2D eigenvalue weighted by Crippen LogP contribution is -2.48. The van der Waals surface area contributed by atoms with Crippen molar-refractivity contribution in [2.45, 2.75) is 83.7 Å². The normalized spacial score (nSPS) is 17.0. The van der Waals surface area contributed by atoms with Crippen molar-refractivity contribution >= 4 is 29.5 Å². The van der Waals surface area contributed by atoms with E-state index in [0.29, 0.717) is 25.2 Å². The van der Waals surface area contributed by atoms with Gasteiger partial charge in [0.15, 0.2) is 0 Å². The number of nitrogens with zero attached hydrogens (tertiary/aromatic N) is 4. The number of likely N-dealkylation sites (tertiary alicyclic amines) is 1. The number of hydrogen-bond acceptors (Lipinski definition) is 5. The topological polar surface area (TPSA) is 66.0 Å². The number of amides is 2. The molecule has 1 aromatic heterocycles. The zero-order valence-corrected chi connectivity index (χ0v) is 28.2. The molecule has 1 spiro atoms. The smallest absolute Gasteiger partial charge is 0.416 e. The minimum atomic E-state index is -4.41. The van der Waals surface area contributed by atoms with Crippen molar-refractivity contribution in [3.8, 4) is 0 Å². The van der Waals surface area contributed by atoms with E-state index in [2.05, 4.69) is 9.88 Å². The number of aromatic nitrogens is 1. The van der Waals surface area contributed by atoms with E-state index in [-0.39, 0.29) is 23.5 Å². The molecule has 1 aliphatic heterocycles. The second-order valence-corrected chi connectivity index (χ2v) is 14.0. The molecule has 2 fully saturated rings. The van der Waals surface area contributed by atoms with Crippen LogP contribution in [-0.4, -0.2) is 58.6 Å². The van der Waals surface area contributed by atoms with Crippen LogP contribution in [0.3, 0.4) is 0 Å². The fourth-order valence-corrected chi connectivity index (χ4v) is 6.69. The minimum absolute atomic E-state index is 0.0171. The van der Waals surface area contributed by atoms with Gasteiger partial charge in [-0.2, -0.15) is 13.2 Å². The van der Waals surface area contributed by atoms with Crippen molar-refractivity contribution in [3.05, 3.63) is 95.8 Å². The number of piperidine rings is 1. The van der Waals surface area contributed by atoms with Crippen LogP contribution in [0.2, 0.25) is 0 Å². The molecule has 2 amide bonds. The molecule has 48 heavy (non-hydrogen) atoms. The number of alkyl halides is 3. The highest BCUT2D eigenvalue weighted by atomic mass is 19.4. The summed E-state index contributed by atoms with van der Waals surface area (Å²) >= 11 is 0. The molecule has 5 rings (SSSR count). The molecule has 0 N–H and O–H groups in total. The molecule has 1 saturated heterocycles.